The first-order chi connectivity index (χ1) is 14.6. The second-order valence-electron chi connectivity index (χ2n) is 7.49. The second kappa shape index (κ2) is 7.49. The quantitative estimate of drug-likeness (QED) is 0.509. The number of aryl methyl sites for hydroxylation is 1. The molecule has 8 nitrogen and oxygen atoms in total. The number of benzene rings is 2. The molecule has 1 atom stereocenters. The Kier molecular flexibility index (Phi) is 4.66. The van der Waals surface area contributed by atoms with Crippen molar-refractivity contribution in [3.8, 4) is 5.69 Å². The van der Waals surface area contributed by atoms with Gasteiger partial charge in [-0.1, -0.05) is 18.2 Å². The first-order valence-electron chi connectivity index (χ1n) is 9.85. The number of aromatic nitrogens is 5. The van der Waals surface area contributed by atoms with Crippen LogP contribution < -0.4 is 5.69 Å². The van der Waals surface area contributed by atoms with Gasteiger partial charge in [-0.05, 0) is 43.2 Å². The predicted molar refractivity (Wildman–Crippen MR) is 114 cm³/mol. The van der Waals surface area contributed by atoms with E-state index in [4.69, 9.17) is 0 Å². The van der Waals surface area contributed by atoms with Gasteiger partial charge >= 0.3 is 5.69 Å². The number of rotatable bonds is 3. The second-order valence-corrected chi connectivity index (χ2v) is 8.02. The van der Waals surface area contributed by atoms with Gasteiger partial charge in [-0.15, -0.1) is 0 Å². The highest BCUT2D eigenvalue weighted by Gasteiger charge is 2.30. The molecule has 2 aromatic carbocycles. The number of hydrogen-bond donors (Lipinski definition) is 0. The summed E-state index contributed by atoms with van der Waals surface area (Å²) in [6.07, 6.45) is 1.73. The van der Waals surface area contributed by atoms with Crippen LogP contribution in [0.15, 0.2) is 53.3 Å². The fraction of sp³-hybridized carbons (Fsp3) is 0.286. The van der Waals surface area contributed by atoms with Crippen LogP contribution in [-0.4, -0.2) is 47.0 Å². The van der Waals surface area contributed by atoms with Gasteiger partial charge in [0.05, 0.1) is 17.4 Å². The summed E-state index contributed by atoms with van der Waals surface area (Å²) in [5, 5.41) is 4.52. The summed E-state index contributed by atoms with van der Waals surface area (Å²) in [5.74, 6) is 0.658. The van der Waals surface area contributed by atoms with Gasteiger partial charge < -0.3 is 4.90 Å². The van der Waals surface area contributed by atoms with Crippen LogP contribution in [0.25, 0.3) is 16.7 Å². The maximum atomic E-state index is 13.2. The molecule has 1 saturated heterocycles. The monoisotopic (exact) mass is 420 g/mol. The molecule has 0 bridgehead atoms. The lowest BCUT2D eigenvalue weighted by Gasteiger charge is -2.32. The highest BCUT2D eigenvalue weighted by Crippen LogP contribution is 2.28. The van der Waals surface area contributed by atoms with E-state index >= 15 is 0 Å². The average molecular weight is 420 g/mol. The van der Waals surface area contributed by atoms with Crippen molar-refractivity contribution in [2.24, 2.45) is 7.05 Å². The number of carbonyl (C=O) groups is 1. The first kappa shape index (κ1) is 18.7. The van der Waals surface area contributed by atoms with E-state index in [0.717, 1.165) is 41.3 Å². The van der Waals surface area contributed by atoms with Crippen molar-refractivity contribution in [1.29, 1.82) is 0 Å². The van der Waals surface area contributed by atoms with Crippen LogP contribution >= 0.6 is 11.7 Å². The molecule has 0 N–H and O–H groups in total. The highest BCUT2D eigenvalue weighted by atomic mass is 32.1. The lowest BCUT2D eigenvalue weighted by Crippen LogP contribution is -2.40. The maximum absolute atomic E-state index is 13.2. The number of para-hydroxylation sites is 1. The molecule has 4 aromatic rings. The predicted octanol–water partition coefficient (Wildman–Crippen LogP) is 2.60. The largest absolute Gasteiger partial charge is 0.350 e. The summed E-state index contributed by atoms with van der Waals surface area (Å²) < 4.78 is 11.5. The molecular formula is C21H20N6O2S. The van der Waals surface area contributed by atoms with Crippen molar-refractivity contribution in [3.05, 3.63) is 70.4 Å². The van der Waals surface area contributed by atoms with Gasteiger partial charge in [0, 0.05) is 31.6 Å². The summed E-state index contributed by atoms with van der Waals surface area (Å²) in [6.45, 7) is 1.21. The van der Waals surface area contributed by atoms with Crippen molar-refractivity contribution in [3.63, 3.8) is 0 Å². The van der Waals surface area contributed by atoms with Gasteiger partial charge in [0.25, 0.3) is 5.91 Å². The third-order valence-corrected chi connectivity index (χ3v) is 6.10. The lowest BCUT2D eigenvalue weighted by atomic mass is 9.96. The minimum absolute atomic E-state index is 0.0125. The first-order valence-corrected chi connectivity index (χ1v) is 10.6. The normalized spacial score (nSPS) is 16.8. The Labute approximate surface area is 176 Å². The van der Waals surface area contributed by atoms with E-state index in [1.54, 1.807) is 23.7 Å². The SMILES string of the molecule is Cn1nc(C2CCCN(C(=O)c3ccc4nsnc4c3)C2)n(-c2ccccc2)c1=O. The van der Waals surface area contributed by atoms with E-state index in [2.05, 4.69) is 13.8 Å². The van der Waals surface area contributed by atoms with Gasteiger partial charge in [0.1, 0.15) is 16.9 Å². The van der Waals surface area contributed by atoms with Crippen LogP contribution in [0, 0.1) is 0 Å². The molecule has 30 heavy (non-hydrogen) atoms. The molecule has 0 aliphatic carbocycles. The van der Waals surface area contributed by atoms with E-state index in [1.807, 2.05) is 41.3 Å². The Morgan fingerprint density at radius 2 is 1.90 bits per heavy atom. The van der Waals surface area contributed by atoms with Crippen LogP contribution in [-0.2, 0) is 7.05 Å². The molecule has 1 fully saturated rings. The average Bonchev–Trinajstić information content (AvgIpc) is 3.37. The summed E-state index contributed by atoms with van der Waals surface area (Å²) in [6, 6.07) is 14.9. The summed E-state index contributed by atoms with van der Waals surface area (Å²) >= 11 is 1.14. The Morgan fingerprint density at radius 3 is 2.73 bits per heavy atom. The molecule has 9 heteroatoms. The zero-order valence-electron chi connectivity index (χ0n) is 16.4. The molecule has 1 amide bonds. The van der Waals surface area contributed by atoms with Gasteiger partial charge in [0.2, 0.25) is 0 Å². The third kappa shape index (κ3) is 3.21. The fourth-order valence-electron chi connectivity index (χ4n) is 4.04. The highest BCUT2D eigenvalue weighted by molar-refractivity contribution is 7.00. The standard InChI is InChI=1S/C21H20N6O2S/c1-25-21(29)27(16-7-3-2-4-8-16)19(22-25)15-6-5-11-26(13-15)20(28)14-9-10-17-18(12-14)24-30-23-17/h2-4,7-10,12,15H,5-6,11,13H2,1H3. The Morgan fingerprint density at radius 1 is 1.10 bits per heavy atom. The van der Waals surface area contributed by atoms with Crippen molar-refractivity contribution < 1.29 is 4.79 Å². The number of piperidine rings is 1. The Bertz CT molecular complexity index is 1280. The molecule has 2 aromatic heterocycles. The van der Waals surface area contributed by atoms with Crippen LogP contribution in [0.2, 0.25) is 0 Å². The number of carbonyl (C=O) groups excluding carboxylic acids is 1. The molecule has 1 unspecified atom stereocenters. The van der Waals surface area contributed by atoms with E-state index in [0.29, 0.717) is 24.5 Å². The number of hydrogen-bond acceptors (Lipinski definition) is 6. The van der Waals surface area contributed by atoms with Crippen molar-refractivity contribution in [2.45, 2.75) is 18.8 Å². The molecule has 1 aliphatic heterocycles. The van der Waals surface area contributed by atoms with Gasteiger partial charge in [0.15, 0.2) is 0 Å². The fourth-order valence-corrected chi connectivity index (χ4v) is 4.56. The number of nitrogens with zero attached hydrogens (tertiary/aromatic N) is 6. The van der Waals surface area contributed by atoms with Crippen LogP contribution in [0.5, 0.6) is 0 Å². The van der Waals surface area contributed by atoms with E-state index in [1.165, 1.54) is 4.68 Å². The van der Waals surface area contributed by atoms with E-state index in [9.17, 15) is 9.59 Å². The molecule has 1 aliphatic rings. The molecule has 3 heterocycles. The number of likely N-dealkylation sites (tertiary alicyclic amines) is 1. The van der Waals surface area contributed by atoms with Gasteiger partial charge in [-0.25, -0.2) is 14.0 Å². The van der Waals surface area contributed by atoms with E-state index < -0.39 is 0 Å². The molecule has 0 radical (unpaired) electrons. The topological polar surface area (TPSA) is 85.9 Å². The Hall–Kier alpha value is -3.33. The lowest BCUT2D eigenvalue weighted by molar-refractivity contribution is 0.0704. The zero-order valence-corrected chi connectivity index (χ0v) is 17.2. The molecule has 5 rings (SSSR count). The molecular weight excluding hydrogens is 400 g/mol. The van der Waals surface area contributed by atoms with Crippen LogP contribution in [0.1, 0.15) is 34.9 Å². The van der Waals surface area contributed by atoms with Gasteiger partial charge in [-0.3, -0.25) is 4.79 Å². The minimum atomic E-state index is -0.180. The smallest absolute Gasteiger partial charge is 0.338 e. The summed E-state index contributed by atoms with van der Waals surface area (Å²) in [7, 11) is 1.66. The van der Waals surface area contributed by atoms with Crippen molar-refractivity contribution in [2.75, 3.05) is 13.1 Å². The zero-order chi connectivity index (χ0) is 20.7. The molecule has 0 saturated carbocycles. The van der Waals surface area contributed by atoms with Gasteiger partial charge in [-0.2, -0.15) is 13.8 Å². The van der Waals surface area contributed by atoms with Crippen LogP contribution in [0.4, 0.5) is 0 Å². The number of fused-ring (bicyclic) bond motifs is 1. The van der Waals surface area contributed by atoms with E-state index in [-0.39, 0.29) is 17.5 Å². The maximum Gasteiger partial charge on any atom is 0.350 e. The summed E-state index contributed by atoms with van der Waals surface area (Å²) in [4.78, 5) is 27.7. The van der Waals surface area contributed by atoms with Crippen LogP contribution in [0.3, 0.4) is 0 Å². The summed E-state index contributed by atoms with van der Waals surface area (Å²) in [5.41, 5.74) is 2.75. The third-order valence-electron chi connectivity index (χ3n) is 5.54. The van der Waals surface area contributed by atoms with Crippen molar-refractivity contribution in [1.82, 2.24) is 28.0 Å². The molecule has 152 valence electrons. The van der Waals surface area contributed by atoms with Crippen molar-refractivity contribution >= 4 is 28.7 Å². The number of amides is 1. The Balaban J connectivity index is 1.45. The minimum Gasteiger partial charge on any atom is -0.338 e. The molecule has 0 spiro atoms.